The number of ether oxygens (including phenoxy) is 1. The molecule has 2 aliphatic heterocycles. The van der Waals surface area contributed by atoms with Crippen LogP contribution < -0.4 is 4.74 Å². The third-order valence-electron chi connectivity index (χ3n) is 4.74. The zero-order valence-electron chi connectivity index (χ0n) is 11.5. The van der Waals surface area contributed by atoms with Gasteiger partial charge in [-0.1, -0.05) is 18.2 Å². The Morgan fingerprint density at radius 2 is 1.83 bits per heavy atom. The molecule has 1 saturated carbocycles. The van der Waals surface area contributed by atoms with Gasteiger partial charge in [-0.15, -0.1) is 4.90 Å². The van der Waals surface area contributed by atoms with Crippen LogP contribution in [0.4, 0.5) is 26.7 Å². The van der Waals surface area contributed by atoms with E-state index in [9.17, 15) is 26.7 Å². The molecular formula is C14H11F5N2O2. The summed E-state index contributed by atoms with van der Waals surface area (Å²) in [4.78, 5) is 12.3. The van der Waals surface area contributed by atoms with Crippen LogP contribution in [-0.2, 0) is 0 Å². The number of hydrogen-bond donors (Lipinski definition) is 0. The number of nitrogens with zero attached hydrogens (tertiary/aromatic N) is 2. The molecule has 9 heteroatoms. The van der Waals surface area contributed by atoms with E-state index in [4.69, 9.17) is 4.74 Å². The molecule has 23 heavy (non-hydrogen) atoms. The normalized spacial score (nSPS) is 34.4. The van der Waals surface area contributed by atoms with Gasteiger partial charge in [0.25, 0.3) is 0 Å². The second-order valence-electron chi connectivity index (χ2n) is 5.90. The van der Waals surface area contributed by atoms with Crippen molar-refractivity contribution in [3.63, 3.8) is 0 Å². The van der Waals surface area contributed by atoms with E-state index in [0.29, 0.717) is 0 Å². The fourth-order valence-electron chi connectivity index (χ4n) is 3.90. The van der Waals surface area contributed by atoms with Crippen LogP contribution >= 0.6 is 0 Å². The Balaban J connectivity index is 1.54. The third-order valence-corrected chi connectivity index (χ3v) is 4.74. The highest BCUT2D eigenvalue weighted by molar-refractivity contribution is 5.75. The number of alkyl halides is 5. The average molecular weight is 334 g/mol. The number of likely N-dealkylation sites (tertiary alicyclic amines) is 2. The van der Waals surface area contributed by atoms with Crippen molar-refractivity contribution >= 4 is 6.09 Å². The van der Waals surface area contributed by atoms with E-state index in [1.54, 1.807) is 18.2 Å². The number of piperidine rings is 2. The predicted molar refractivity (Wildman–Crippen MR) is 66.6 cm³/mol. The highest BCUT2D eigenvalue weighted by Gasteiger charge is 2.82. The molecular weight excluding hydrogens is 323 g/mol. The van der Waals surface area contributed by atoms with E-state index in [2.05, 4.69) is 0 Å². The van der Waals surface area contributed by atoms with Crippen LogP contribution in [0.2, 0.25) is 0 Å². The summed E-state index contributed by atoms with van der Waals surface area (Å²) >= 11 is 0. The molecule has 124 valence electrons. The van der Waals surface area contributed by atoms with E-state index >= 15 is 0 Å². The quantitative estimate of drug-likeness (QED) is 0.450. The van der Waals surface area contributed by atoms with Gasteiger partial charge in [0, 0.05) is 6.04 Å². The molecule has 2 saturated heterocycles. The van der Waals surface area contributed by atoms with Gasteiger partial charge in [-0.05, 0) is 18.6 Å². The van der Waals surface area contributed by atoms with Crippen molar-refractivity contribution in [3.05, 3.63) is 30.3 Å². The number of fused-ring (bicyclic) bond motifs is 5. The van der Waals surface area contributed by atoms with Crippen molar-refractivity contribution in [2.75, 3.05) is 0 Å². The molecule has 0 unspecified atom stereocenters. The third kappa shape index (κ3) is 1.95. The van der Waals surface area contributed by atoms with Crippen molar-refractivity contribution in [3.8, 4) is 5.75 Å². The Bertz CT molecular complexity index is 650. The fraction of sp³-hybridized carbons (Fsp3) is 0.500. The van der Waals surface area contributed by atoms with Crippen molar-refractivity contribution < 1.29 is 31.5 Å². The standard InChI is InChI=1S/C14H11F5N2O2/c15-13(16)8-6-9(21(13)14(17,18)19)11-10(8)20(11)12(22)23-7-4-2-1-3-5-7/h1-5,8-11H,6H2/t8-,9-,10+,11+,20?/m0/s1. The largest absolute Gasteiger partial charge is 0.464 e. The molecule has 1 aliphatic carbocycles. The zero-order valence-corrected chi connectivity index (χ0v) is 11.5. The minimum atomic E-state index is -5.13. The topological polar surface area (TPSA) is 32.6 Å². The second-order valence-corrected chi connectivity index (χ2v) is 5.90. The molecule has 2 bridgehead atoms. The Morgan fingerprint density at radius 1 is 1.17 bits per heavy atom. The monoisotopic (exact) mass is 334 g/mol. The Morgan fingerprint density at radius 3 is 2.43 bits per heavy atom. The van der Waals surface area contributed by atoms with Crippen LogP contribution in [0.5, 0.6) is 5.75 Å². The van der Waals surface area contributed by atoms with Gasteiger partial charge in [0.2, 0.25) is 0 Å². The number of para-hydroxylation sites is 1. The maximum absolute atomic E-state index is 14.0. The first kappa shape index (κ1) is 14.7. The lowest BCUT2D eigenvalue weighted by molar-refractivity contribution is -0.339. The number of carbonyl (C=O) groups is 1. The number of amides is 1. The van der Waals surface area contributed by atoms with Gasteiger partial charge in [-0.3, -0.25) is 4.90 Å². The number of hydrogen-bond acceptors (Lipinski definition) is 3. The average Bonchev–Trinajstić information content (AvgIpc) is 2.98. The number of benzene rings is 1. The maximum atomic E-state index is 14.0. The first-order chi connectivity index (χ1) is 10.7. The molecule has 1 aromatic carbocycles. The van der Waals surface area contributed by atoms with E-state index in [0.717, 1.165) is 4.90 Å². The van der Waals surface area contributed by atoms with Crippen molar-refractivity contribution in [2.24, 2.45) is 5.92 Å². The van der Waals surface area contributed by atoms with Crippen molar-refractivity contribution in [2.45, 2.75) is 36.9 Å². The predicted octanol–water partition coefficient (Wildman–Crippen LogP) is 3.05. The molecule has 3 aliphatic rings. The van der Waals surface area contributed by atoms with Crippen LogP contribution in [0.3, 0.4) is 0 Å². The SMILES string of the molecule is O=C(Oc1ccccc1)N1[C@H]2[C@H]1[C@@H]1C[C@@H]2N(C(F)(F)F)C1(F)F. The van der Waals surface area contributed by atoms with E-state index in [-0.39, 0.29) is 12.2 Å². The lowest BCUT2D eigenvalue weighted by Gasteiger charge is -2.33. The molecule has 4 rings (SSSR count). The van der Waals surface area contributed by atoms with Gasteiger partial charge in [0.15, 0.2) is 0 Å². The zero-order chi connectivity index (χ0) is 16.6. The maximum Gasteiger partial charge on any atom is 0.464 e. The first-order valence-corrected chi connectivity index (χ1v) is 7.02. The Labute approximate surface area is 127 Å². The highest BCUT2D eigenvalue weighted by atomic mass is 19.4. The van der Waals surface area contributed by atoms with Crippen molar-refractivity contribution in [1.29, 1.82) is 0 Å². The molecule has 4 atom stereocenters. The van der Waals surface area contributed by atoms with Gasteiger partial charge in [-0.2, -0.15) is 22.0 Å². The summed E-state index contributed by atoms with van der Waals surface area (Å²) in [5, 5.41) is 0. The summed E-state index contributed by atoms with van der Waals surface area (Å²) in [5.41, 5.74) is 0. The molecule has 1 aromatic rings. The van der Waals surface area contributed by atoms with Gasteiger partial charge < -0.3 is 4.74 Å². The number of rotatable bonds is 1. The van der Waals surface area contributed by atoms with Crippen molar-refractivity contribution in [1.82, 2.24) is 9.80 Å². The molecule has 1 amide bonds. The molecule has 4 nitrogen and oxygen atoms in total. The Kier molecular flexibility index (Phi) is 2.77. The van der Waals surface area contributed by atoms with Gasteiger partial charge in [0.1, 0.15) is 5.75 Å². The minimum absolute atomic E-state index is 0.217. The molecule has 0 radical (unpaired) electrons. The summed E-state index contributed by atoms with van der Waals surface area (Å²) < 4.78 is 71.6. The van der Waals surface area contributed by atoms with Gasteiger partial charge >= 0.3 is 18.4 Å². The first-order valence-electron chi connectivity index (χ1n) is 7.02. The molecule has 2 heterocycles. The summed E-state index contributed by atoms with van der Waals surface area (Å²) in [7, 11) is 0. The molecule has 0 spiro atoms. The van der Waals surface area contributed by atoms with Gasteiger partial charge in [0.05, 0.1) is 18.0 Å². The fourth-order valence-corrected chi connectivity index (χ4v) is 3.90. The van der Waals surface area contributed by atoms with Crippen LogP contribution in [-0.4, -0.2) is 46.4 Å². The number of carbonyl (C=O) groups excluding carboxylic acids is 1. The summed E-state index contributed by atoms with van der Waals surface area (Å²) in [6.45, 7) is 0. The van der Waals surface area contributed by atoms with Crippen LogP contribution in [0.1, 0.15) is 6.42 Å². The van der Waals surface area contributed by atoms with E-state index in [1.807, 2.05) is 0 Å². The Hall–Kier alpha value is -1.90. The van der Waals surface area contributed by atoms with Crippen LogP contribution in [0.15, 0.2) is 30.3 Å². The molecule has 3 fully saturated rings. The summed E-state index contributed by atoms with van der Waals surface area (Å²) in [6.07, 6.45) is -6.29. The van der Waals surface area contributed by atoms with Crippen LogP contribution in [0, 0.1) is 5.92 Å². The lowest BCUT2D eigenvalue weighted by atomic mass is 10.1. The summed E-state index contributed by atoms with van der Waals surface area (Å²) in [6, 6.07) is 0.789. The highest BCUT2D eigenvalue weighted by Crippen LogP contribution is 2.63. The molecule has 0 N–H and O–H groups in total. The molecule has 0 aromatic heterocycles. The van der Waals surface area contributed by atoms with Crippen LogP contribution in [0.25, 0.3) is 0 Å². The minimum Gasteiger partial charge on any atom is -0.410 e. The van der Waals surface area contributed by atoms with E-state index < -0.39 is 47.4 Å². The smallest absolute Gasteiger partial charge is 0.410 e. The van der Waals surface area contributed by atoms with Gasteiger partial charge in [-0.25, -0.2) is 4.79 Å². The summed E-state index contributed by atoms with van der Waals surface area (Å²) in [5.74, 6) is -1.29. The lowest BCUT2D eigenvalue weighted by Crippen LogP contribution is -2.56. The number of halogens is 5. The second kappa shape index (κ2) is 4.34. The van der Waals surface area contributed by atoms with E-state index in [1.165, 1.54) is 12.1 Å².